The summed E-state index contributed by atoms with van der Waals surface area (Å²) in [5.74, 6) is 1.05. The largest absolute Gasteiger partial charge is 0.338 e. The maximum absolute atomic E-state index is 13.1. The van der Waals surface area contributed by atoms with Crippen molar-refractivity contribution in [2.45, 2.75) is 38.3 Å². The van der Waals surface area contributed by atoms with Crippen LogP contribution in [0.4, 0.5) is 0 Å². The van der Waals surface area contributed by atoms with E-state index in [0.29, 0.717) is 17.4 Å². The van der Waals surface area contributed by atoms with Crippen molar-refractivity contribution in [3.05, 3.63) is 60.0 Å². The number of fused-ring (bicyclic) bond motifs is 2. The molecule has 29 heavy (non-hydrogen) atoms. The zero-order chi connectivity index (χ0) is 19.8. The Morgan fingerprint density at radius 2 is 2.00 bits per heavy atom. The van der Waals surface area contributed by atoms with Crippen molar-refractivity contribution < 1.29 is 4.79 Å². The number of likely N-dealkylation sites (tertiary alicyclic amines) is 1. The first-order valence-electron chi connectivity index (χ1n) is 10.6. The number of hydrogen-bond acceptors (Lipinski definition) is 4. The van der Waals surface area contributed by atoms with Crippen molar-refractivity contribution in [2.24, 2.45) is 17.6 Å². The van der Waals surface area contributed by atoms with Crippen LogP contribution in [-0.2, 0) is 13.0 Å². The van der Waals surface area contributed by atoms with Crippen LogP contribution < -0.4 is 5.73 Å². The number of hydrogen-bond donors (Lipinski definition) is 1. The number of carbonyl (C=O) groups excluding carboxylic acids is 1. The number of nitrogens with two attached hydrogens (primary N) is 1. The van der Waals surface area contributed by atoms with E-state index >= 15 is 0 Å². The van der Waals surface area contributed by atoms with E-state index in [9.17, 15) is 4.79 Å². The molecule has 2 N–H and O–H groups in total. The molecule has 1 saturated carbocycles. The molecule has 1 aromatic carbocycles. The van der Waals surface area contributed by atoms with Crippen LogP contribution >= 0.6 is 0 Å². The summed E-state index contributed by atoms with van der Waals surface area (Å²) in [7, 11) is 0. The molecule has 5 rings (SSSR count). The second-order valence-electron chi connectivity index (χ2n) is 8.47. The van der Waals surface area contributed by atoms with Gasteiger partial charge in [0.1, 0.15) is 5.52 Å². The molecule has 1 aliphatic carbocycles. The minimum atomic E-state index is 0.0554. The molecule has 1 aliphatic heterocycles. The summed E-state index contributed by atoms with van der Waals surface area (Å²) in [4.78, 5) is 24.1. The second kappa shape index (κ2) is 7.59. The monoisotopic (exact) mass is 389 g/mol. The molecule has 2 fully saturated rings. The Morgan fingerprint density at radius 3 is 2.83 bits per heavy atom. The van der Waals surface area contributed by atoms with E-state index in [2.05, 4.69) is 38.8 Å². The van der Waals surface area contributed by atoms with E-state index in [1.165, 1.54) is 18.4 Å². The smallest absolute Gasteiger partial charge is 0.255 e. The lowest BCUT2D eigenvalue weighted by atomic mass is 9.78. The summed E-state index contributed by atoms with van der Waals surface area (Å²) in [5.41, 5.74) is 9.82. The summed E-state index contributed by atoms with van der Waals surface area (Å²) < 4.78 is 2.06. The number of rotatable bonds is 4. The highest BCUT2D eigenvalue weighted by Crippen LogP contribution is 2.36. The average Bonchev–Trinajstić information content (AvgIpc) is 3.37. The zero-order valence-electron chi connectivity index (χ0n) is 16.6. The Morgan fingerprint density at radius 1 is 1.14 bits per heavy atom. The van der Waals surface area contributed by atoms with Crippen LogP contribution in [0.2, 0.25) is 0 Å². The molecule has 3 aromatic rings. The molecule has 2 aromatic heterocycles. The Labute approximate surface area is 170 Å². The maximum Gasteiger partial charge on any atom is 0.255 e. The first kappa shape index (κ1) is 18.3. The van der Waals surface area contributed by atoms with Gasteiger partial charge in [-0.25, -0.2) is 9.97 Å². The van der Waals surface area contributed by atoms with Crippen LogP contribution in [0.1, 0.15) is 35.2 Å². The molecule has 6 nitrogen and oxygen atoms in total. The summed E-state index contributed by atoms with van der Waals surface area (Å²) in [6, 6.07) is 12.5. The van der Waals surface area contributed by atoms with Crippen LogP contribution in [0.25, 0.3) is 11.2 Å². The van der Waals surface area contributed by atoms with Gasteiger partial charge in [0.15, 0.2) is 5.65 Å². The standard InChI is InChI=1S/C23H27N5O/c24-20-8-4-7-17-13-28(14-19(17)20)23(29)18-11-21-22(25-12-18)27(15-26-21)10-9-16-5-2-1-3-6-16/h1-3,5-6,11-12,15,17,19-20H,4,7-10,13-14,24H2/t17-,19+,20-/m1/s1. The van der Waals surface area contributed by atoms with Crippen molar-refractivity contribution >= 4 is 17.1 Å². The van der Waals surface area contributed by atoms with Gasteiger partial charge in [-0.15, -0.1) is 0 Å². The third-order valence-electron chi connectivity index (χ3n) is 6.63. The van der Waals surface area contributed by atoms with E-state index in [1.807, 2.05) is 23.4 Å². The maximum atomic E-state index is 13.1. The number of aryl methyl sites for hydroxylation is 2. The Balaban J connectivity index is 1.31. The van der Waals surface area contributed by atoms with Crippen molar-refractivity contribution in [3.63, 3.8) is 0 Å². The first-order valence-corrected chi connectivity index (χ1v) is 10.6. The molecule has 1 amide bonds. The quantitative estimate of drug-likeness (QED) is 0.744. The third kappa shape index (κ3) is 3.53. The zero-order valence-corrected chi connectivity index (χ0v) is 16.6. The Kier molecular flexibility index (Phi) is 4.79. The Bertz CT molecular complexity index is 1010. The van der Waals surface area contributed by atoms with Crippen molar-refractivity contribution in [1.29, 1.82) is 0 Å². The highest BCUT2D eigenvalue weighted by Gasteiger charge is 2.40. The summed E-state index contributed by atoms with van der Waals surface area (Å²) in [5, 5.41) is 0. The molecule has 3 atom stereocenters. The van der Waals surface area contributed by atoms with Crippen LogP contribution in [0, 0.1) is 11.8 Å². The summed E-state index contributed by atoms with van der Waals surface area (Å²) >= 11 is 0. The van der Waals surface area contributed by atoms with Gasteiger partial charge in [0.2, 0.25) is 0 Å². The lowest BCUT2D eigenvalue weighted by Crippen LogP contribution is -2.38. The van der Waals surface area contributed by atoms with E-state index in [-0.39, 0.29) is 11.9 Å². The summed E-state index contributed by atoms with van der Waals surface area (Å²) in [6.07, 6.45) is 7.89. The number of aromatic nitrogens is 3. The molecule has 0 bridgehead atoms. The van der Waals surface area contributed by atoms with E-state index in [4.69, 9.17) is 5.73 Å². The molecule has 150 valence electrons. The second-order valence-corrected chi connectivity index (χ2v) is 8.47. The van der Waals surface area contributed by atoms with Crippen LogP contribution in [0.15, 0.2) is 48.9 Å². The minimum absolute atomic E-state index is 0.0554. The van der Waals surface area contributed by atoms with E-state index in [0.717, 1.165) is 43.6 Å². The normalized spacial score (nSPS) is 24.0. The molecule has 0 unspecified atom stereocenters. The van der Waals surface area contributed by atoms with Crippen LogP contribution in [0.3, 0.4) is 0 Å². The lowest BCUT2D eigenvalue weighted by Gasteiger charge is -2.29. The Hall–Kier alpha value is -2.73. The summed E-state index contributed by atoms with van der Waals surface area (Å²) in [6.45, 7) is 2.41. The SMILES string of the molecule is N[C@@H]1CCC[C@@H]2CN(C(=O)c3cnc4c(c3)ncn4CCc3ccccc3)C[C@@H]21. The number of benzene rings is 1. The molecule has 1 saturated heterocycles. The van der Waals surface area contributed by atoms with Gasteiger partial charge >= 0.3 is 0 Å². The number of nitrogens with zero attached hydrogens (tertiary/aromatic N) is 4. The van der Waals surface area contributed by atoms with Gasteiger partial charge in [-0.3, -0.25) is 4.79 Å². The fourth-order valence-corrected chi connectivity index (χ4v) is 4.99. The van der Waals surface area contributed by atoms with Gasteiger partial charge in [-0.05, 0) is 42.7 Å². The highest BCUT2D eigenvalue weighted by atomic mass is 16.2. The molecule has 2 aliphatic rings. The lowest BCUT2D eigenvalue weighted by molar-refractivity contribution is 0.0783. The van der Waals surface area contributed by atoms with Crippen LogP contribution in [-0.4, -0.2) is 44.5 Å². The molecule has 6 heteroatoms. The fraction of sp³-hybridized carbons (Fsp3) is 0.435. The predicted molar refractivity (Wildman–Crippen MR) is 112 cm³/mol. The highest BCUT2D eigenvalue weighted by molar-refractivity contribution is 5.96. The van der Waals surface area contributed by atoms with E-state index in [1.54, 1.807) is 6.20 Å². The molecule has 3 heterocycles. The third-order valence-corrected chi connectivity index (χ3v) is 6.63. The van der Waals surface area contributed by atoms with Crippen molar-refractivity contribution in [3.8, 4) is 0 Å². The average molecular weight is 390 g/mol. The van der Waals surface area contributed by atoms with Crippen molar-refractivity contribution in [1.82, 2.24) is 19.4 Å². The van der Waals surface area contributed by atoms with Gasteiger partial charge in [0.05, 0.1) is 11.9 Å². The van der Waals surface area contributed by atoms with Gasteiger partial charge < -0.3 is 15.2 Å². The van der Waals surface area contributed by atoms with E-state index < -0.39 is 0 Å². The topological polar surface area (TPSA) is 77.0 Å². The first-order chi connectivity index (χ1) is 14.2. The number of carbonyl (C=O) groups is 1. The number of pyridine rings is 1. The van der Waals surface area contributed by atoms with Gasteiger partial charge in [0, 0.05) is 31.9 Å². The van der Waals surface area contributed by atoms with Gasteiger partial charge in [-0.1, -0.05) is 36.8 Å². The van der Waals surface area contributed by atoms with Gasteiger partial charge in [0.25, 0.3) is 5.91 Å². The fourth-order valence-electron chi connectivity index (χ4n) is 4.99. The molecule has 0 spiro atoms. The van der Waals surface area contributed by atoms with Crippen molar-refractivity contribution in [2.75, 3.05) is 13.1 Å². The molecule has 0 radical (unpaired) electrons. The molecular formula is C23H27N5O. The minimum Gasteiger partial charge on any atom is -0.338 e. The molecular weight excluding hydrogens is 362 g/mol. The number of imidazole rings is 1. The van der Waals surface area contributed by atoms with Crippen LogP contribution in [0.5, 0.6) is 0 Å². The predicted octanol–water partition coefficient (Wildman–Crippen LogP) is 2.87. The van der Waals surface area contributed by atoms with Gasteiger partial charge in [-0.2, -0.15) is 0 Å². The number of amides is 1.